The van der Waals surface area contributed by atoms with E-state index in [4.69, 9.17) is 4.11 Å². The SMILES string of the molecule is [2H]C([2H])([2H])c1ccc(-c2cc(C(F)(C(F)(F)F)C(F)(F)F)ccn2)cc1. The molecule has 0 saturated heterocycles. The van der Waals surface area contributed by atoms with E-state index in [1.54, 1.807) is 0 Å². The maximum absolute atomic E-state index is 14.1. The van der Waals surface area contributed by atoms with Crippen LogP contribution in [-0.2, 0) is 5.67 Å². The van der Waals surface area contributed by atoms with Gasteiger partial charge in [0.1, 0.15) is 0 Å². The Balaban J connectivity index is 2.54. The number of aromatic nitrogens is 1. The lowest BCUT2D eigenvalue weighted by atomic mass is 9.93. The van der Waals surface area contributed by atoms with Crippen LogP contribution in [0.25, 0.3) is 11.3 Å². The van der Waals surface area contributed by atoms with Crippen molar-refractivity contribution in [2.75, 3.05) is 0 Å². The predicted molar refractivity (Wildman–Crippen MR) is 69.3 cm³/mol. The number of hydrogen-bond donors (Lipinski definition) is 0. The summed E-state index contributed by atoms with van der Waals surface area (Å²) >= 11 is 0. The fraction of sp³-hybridized carbons (Fsp3) is 0.267. The Bertz CT molecular complexity index is 766. The Morgan fingerprint density at radius 3 is 1.91 bits per heavy atom. The molecule has 0 aliphatic carbocycles. The van der Waals surface area contributed by atoms with Crippen molar-refractivity contribution in [1.82, 2.24) is 4.98 Å². The topological polar surface area (TPSA) is 12.9 Å². The summed E-state index contributed by atoms with van der Waals surface area (Å²) in [7, 11) is 0. The number of alkyl halides is 7. The van der Waals surface area contributed by atoms with Gasteiger partial charge in [0, 0.05) is 21.4 Å². The molecule has 0 spiro atoms. The number of halogens is 7. The molecular formula is C15H10F7N. The summed E-state index contributed by atoms with van der Waals surface area (Å²) in [6.45, 7) is -2.44. The van der Waals surface area contributed by atoms with E-state index in [0.717, 1.165) is 24.3 Å². The number of aryl methyl sites for hydroxylation is 1. The Labute approximate surface area is 131 Å². The summed E-state index contributed by atoms with van der Waals surface area (Å²) < 4.78 is 113. The summed E-state index contributed by atoms with van der Waals surface area (Å²) in [6.07, 6.45) is -11.8. The number of hydrogen-bond acceptors (Lipinski definition) is 1. The van der Waals surface area contributed by atoms with Gasteiger partial charge in [-0.2, -0.15) is 26.3 Å². The van der Waals surface area contributed by atoms with Crippen molar-refractivity contribution in [2.24, 2.45) is 0 Å². The highest BCUT2D eigenvalue weighted by Gasteiger charge is 2.73. The third kappa shape index (κ3) is 3.02. The molecule has 124 valence electrons. The molecule has 1 aromatic heterocycles. The predicted octanol–water partition coefficient (Wildman–Crippen LogP) is 5.35. The molecule has 0 bridgehead atoms. The molecule has 0 saturated carbocycles. The van der Waals surface area contributed by atoms with Gasteiger partial charge >= 0.3 is 18.0 Å². The van der Waals surface area contributed by atoms with Crippen LogP contribution in [0.5, 0.6) is 0 Å². The van der Waals surface area contributed by atoms with E-state index in [0.29, 0.717) is 18.3 Å². The maximum atomic E-state index is 14.1. The average molecular weight is 340 g/mol. The Morgan fingerprint density at radius 2 is 1.43 bits per heavy atom. The second-order valence-electron chi connectivity index (χ2n) is 4.66. The lowest BCUT2D eigenvalue weighted by Gasteiger charge is -2.30. The number of nitrogens with zero attached hydrogens (tertiary/aromatic N) is 1. The lowest BCUT2D eigenvalue weighted by Crippen LogP contribution is -2.50. The highest BCUT2D eigenvalue weighted by atomic mass is 19.4. The molecule has 0 aliphatic heterocycles. The largest absolute Gasteiger partial charge is 0.435 e. The van der Waals surface area contributed by atoms with Crippen LogP contribution in [0.2, 0.25) is 0 Å². The lowest BCUT2D eigenvalue weighted by molar-refractivity contribution is -0.348. The zero-order valence-electron chi connectivity index (χ0n) is 14.1. The minimum absolute atomic E-state index is 0.0338. The summed E-state index contributed by atoms with van der Waals surface area (Å²) in [6, 6.07) is 5.22. The third-order valence-corrected chi connectivity index (χ3v) is 3.12. The maximum Gasteiger partial charge on any atom is 0.435 e. The van der Waals surface area contributed by atoms with Crippen LogP contribution in [0, 0.1) is 6.85 Å². The first kappa shape index (κ1) is 13.3. The molecule has 0 radical (unpaired) electrons. The molecule has 1 heterocycles. The van der Waals surface area contributed by atoms with E-state index in [2.05, 4.69) is 4.98 Å². The van der Waals surface area contributed by atoms with Gasteiger partial charge in [0.15, 0.2) is 0 Å². The van der Waals surface area contributed by atoms with Gasteiger partial charge in [0.2, 0.25) is 0 Å². The van der Waals surface area contributed by atoms with Crippen molar-refractivity contribution in [1.29, 1.82) is 0 Å². The normalized spacial score (nSPS) is 15.7. The summed E-state index contributed by atoms with van der Waals surface area (Å²) in [5.74, 6) is 0. The smallest absolute Gasteiger partial charge is 0.256 e. The fourth-order valence-electron chi connectivity index (χ4n) is 1.93. The van der Waals surface area contributed by atoms with Gasteiger partial charge in [0.25, 0.3) is 0 Å². The van der Waals surface area contributed by atoms with Crippen LogP contribution in [0.15, 0.2) is 42.6 Å². The first-order valence-corrected chi connectivity index (χ1v) is 6.08. The summed E-state index contributed by atoms with van der Waals surface area (Å²) in [4.78, 5) is 3.64. The van der Waals surface area contributed by atoms with E-state index >= 15 is 0 Å². The van der Waals surface area contributed by atoms with E-state index in [-0.39, 0.29) is 16.8 Å². The van der Waals surface area contributed by atoms with Crippen molar-refractivity contribution in [3.8, 4) is 11.3 Å². The Kier molecular flexibility index (Phi) is 3.19. The molecule has 0 atom stereocenters. The quantitative estimate of drug-likeness (QED) is 0.672. The molecular weight excluding hydrogens is 327 g/mol. The van der Waals surface area contributed by atoms with Crippen molar-refractivity contribution >= 4 is 0 Å². The minimum Gasteiger partial charge on any atom is -0.256 e. The molecule has 23 heavy (non-hydrogen) atoms. The number of rotatable bonds is 2. The summed E-state index contributed by atoms with van der Waals surface area (Å²) in [5.41, 5.74) is -7.64. The van der Waals surface area contributed by atoms with Gasteiger partial charge in [-0.3, -0.25) is 4.98 Å². The first-order valence-electron chi connectivity index (χ1n) is 7.58. The van der Waals surface area contributed by atoms with E-state index in [1.807, 2.05) is 0 Å². The standard InChI is InChI=1S/C15H10F7N/c1-9-2-4-10(5-3-9)12-8-11(6-7-23-12)13(16,14(17,18)19)15(20,21)22/h2-8H,1H3/i1D3. The van der Waals surface area contributed by atoms with Crippen LogP contribution >= 0.6 is 0 Å². The monoisotopic (exact) mass is 340 g/mol. The average Bonchev–Trinajstić information content (AvgIpc) is 2.51. The Morgan fingerprint density at radius 1 is 0.870 bits per heavy atom. The molecule has 1 nitrogen and oxygen atoms in total. The van der Waals surface area contributed by atoms with Crippen LogP contribution < -0.4 is 0 Å². The van der Waals surface area contributed by atoms with Crippen molar-refractivity contribution in [3.63, 3.8) is 0 Å². The van der Waals surface area contributed by atoms with E-state index in [9.17, 15) is 30.7 Å². The van der Waals surface area contributed by atoms with E-state index in [1.165, 1.54) is 0 Å². The van der Waals surface area contributed by atoms with E-state index < -0.39 is 30.4 Å². The molecule has 2 rings (SSSR count). The van der Waals surface area contributed by atoms with Crippen molar-refractivity contribution in [3.05, 3.63) is 53.7 Å². The van der Waals surface area contributed by atoms with Crippen LogP contribution in [0.3, 0.4) is 0 Å². The van der Waals surface area contributed by atoms with Crippen LogP contribution in [0.4, 0.5) is 30.7 Å². The van der Waals surface area contributed by atoms with Gasteiger partial charge in [0.05, 0.1) is 5.69 Å². The highest BCUT2D eigenvalue weighted by molar-refractivity contribution is 5.60. The molecule has 0 amide bonds. The molecule has 2 aromatic rings. The first-order chi connectivity index (χ1) is 11.7. The van der Waals surface area contributed by atoms with Crippen molar-refractivity contribution < 1.29 is 34.8 Å². The van der Waals surface area contributed by atoms with Gasteiger partial charge in [-0.25, -0.2) is 4.39 Å². The fourth-order valence-corrected chi connectivity index (χ4v) is 1.93. The van der Waals surface area contributed by atoms with Crippen molar-refractivity contribution in [2.45, 2.75) is 24.9 Å². The highest BCUT2D eigenvalue weighted by Crippen LogP contribution is 2.53. The van der Waals surface area contributed by atoms with Gasteiger partial charge < -0.3 is 0 Å². The van der Waals surface area contributed by atoms with Crippen LogP contribution in [0.1, 0.15) is 15.2 Å². The Hall–Kier alpha value is -2.12. The summed E-state index contributed by atoms with van der Waals surface area (Å²) in [5, 5.41) is 0. The van der Waals surface area contributed by atoms with Gasteiger partial charge in [-0.05, 0) is 19.0 Å². The zero-order chi connectivity index (χ0) is 20.0. The second-order valence-corrected chi connectivity index (χ2v) is 4.66. The van der Waals surface area contributed by atoms with Gasteiger partial charge in [-0.1, -0.05) is 29.8 Å². The molecule has 0 unspecified atom stereocenters. The number of pyridine rings is 1. The molecule has 0 fully saturated rings. The number of benzene rings is 1. The second kappa shape index (κ2) is 5.50. The third-order valence-electron chi connectivity index (χ3n) is 3.12. The van der Waals surface area contributed by atoms with Crippen LogP contribution in [-0.4, -0.2) is 17.3 Å². The minimum atomic E-state index is -6.23. The molecule has 8 heteroatoms. The van der Waals surface area contributed by atoms with Gasteiger partial charge in [-0.15, -0.1) is 0 Å². The molecule has 0 N–H and O–H groups in total. The zero-order valence-corrected chi connectivity index (χ0v) is 11.1. The molecule has 1 aromatic carbocycles. The molecule has 0 aliphatic rings.